The van der Waals surface area contributed by atoms with Crippen LogP contribution in [0, 0.1) is 0 Å². The van der Waals surface area contributed by atoms with Crippen molar-refractivity contribution in [1.82, 2.24) is 14.8 Å². The van der Waals surface area contributed by atoms with Crippen LogP contribution in [0.2, 0.25) is 0 Å². The largest absolute Gasteiger partial charge is 0.466 e. The second-order valence-electron chi connectivity index (χ2n) is 7.52. The topological polar surface area (TPSA) is 59.9 Å². The molecule has 0 saturated carbocycles. The third kappa shape index (κ3) is 3.69. The molecule has 0 fully saturated rings. The number of ether oxygens (including phenoxy) is 1. The van der Waals surface area contributed by atoms with Gasteiger partial charge in [0.2, 0.25) is 0 Å². The molecular weight excluding hydrogens is 407 g/mol. The zero-order valence-corrected chi connectivity index (χ0v) is 17.1. The van der Waals surface area contributed by atoms with Crippen LogP contribution in [0.3, 0.4) is 0 Å². The van der Waals surface area contributed by atoms with Crippen molar-refractivity contribution in [3.63, 3.8) is 0 Å². The Morgan fingerprint density at radius 3 is 2.68 bits per heavy atom. The predicted octanol–water partition coefficient (Wildman–Crippen LogP) is 5.84. The molecule has 1 N–H and O–H groups in total. The molecule has 0 aliphatic rings. The van der Waals surface area contributed by atoms with Gasteiger partial charge in [-0.3, -0.25) is 5.10 Å². The predicted molar refractivity (Wildman–Crippen MR) is 113 cm³/mol. The van der Waals surface area contributed by atoms with Gasteiger partial charge in [0.15, 0.2) is 0 Å². The lowest BCUT2D eigenvalue weighted by molar-refractivity contribution is -0.137. The highest BCUT2D eigenvalue weighted by Crippen LogP contribution is 2.38. The third-order valence-corrected chi connectivity index (χ3v) is 5.17. The molecule has 4 rings (SSSR count). The summed E-state index contributed by atoms with van der Waals surface area (Å²) < 4.78 is 46.7. The molecule has 0 atom stereocenters. The third-order valence-electron chi connectivity index (χ3n) is 5.17. The summed E-state index contributed by atoms with van der Waals surface area (Å²) in [6.07, 6.45) is 0.170. The molecule has 0 radical (unpaired) electrons. The number of methoxy groups -OCH3 is 1. The van der Waals surface area contributed by atoms with Crippen LogP contribution in [0.25, 0.3) is 33.6 Å². The van der Waals surface area contributed by atoms with E-state index in [1.54, 1.807) is 18.3 Å². The molecule has 2 aromatic heterocycles. The van der Waals surface area contributed by atoms with Crippen LogP contribution in [0.5, 0.6) is 0 Å². The SMILES string of the molecule is COC(=O)/C=C/c1c(C(C)C)n(-c2cccc(C(F)(F)F)c2)c2cc3cn[nH]c3cc12. The second kappa shape index (κ2) is 7.61. The van der Waals surface area contributed by atoms with Crippen LogP contribution >= 0.6 is 0 Å². The van der Waals surface area contributed by atoms with Gasteiger partial charge < -0.3 is 9.30 Å². The fraction of sp³-hybridized carbons (Fsp3) is 0.217. The number of esters is 1. The number of rotatable bonds is 4. The second-order valence-corrected chi connectivity index (χ2v) is 7.52. The van der Waals surface area contributed by atoms with Crippen molar-refractivity contribution in [2.45, 2.75) is 25.9 Å². The van der Waals surface area contributed by atoms with Crippen molar-refractivity contribution in [2.24, 2.45) is 0 Å². The summed E-state index contributed by atoms with van der Waals surface area (Å²) in [5.41, 5.74) is 2.71. The maximum atomic E-state index is 13.4. The number of aromatic amines is 1. The van der Waals surface area contributed by atoms with Crippen molar-refractivity contribution in [2.75, 3.05) is 7.11 Å². The minimum Gasteiger partial charge on any atom is -0.466 e. The molecule has 5 nitrogen and oxygen atoms in total. The van der Waals surface area contributed by atoms with Gasteiger partial charge in [-0.25, -0.2) is 4.79 Å². The normalized spacial score (nSPS) is 12.5. The Bertz CT molecular complexity index is 1310. The first kappa shape index (κ1) is 20.7. The first-order valence-corrected chi connectivity index (χ1v) is 9.65. The fourth-order valence-electron chi connectivity index (χ4n) is 3.83. The van der Waals surface area contributed by atoms with Crippen molar-refractivity contribution >= 4 is 33.9 Å². The molecule has 0 aliphatic heterocycles. The van der Waals surface area contributed by atoms with Gasteiger partial charge >= 0.3 is 12.1 Å². The molecule has 0 amide bonds. The molecule has 2 aromatic carbocycles. The Morgan fingerprint density at radius 2 is 2.00 bits per heavy atom. The van der Waals surface area contributed by atoms with Crippen LogP contribution in [0.1, 0.15) is 36.6 Å². The molecule has 0 aliphatic carbocycles. The summed E-state index contributed by atoms with van der Waals surface area (Å²) in [7, 11) is 1.29. The lowest BCUT2D eigenvalue weighted by atomic mass is 10.0. The lowest BCUT2D eigenvalue weighted by Gasteiger charge is -2.16. The van der Waals surface area contributed by atoms with Gasteiger partial charge in [0, 0.05) is 33.8 Å². The Labute approximate surface area is 176 Å². The smallest absolute Gasteiger partial charge is 0.416 e. The number of aromatic nitrogens is 3. The monoisotopic (exact) mass is 427 g/mol. The van der Waals surface area contributed by atoms with Crippen LogP contribution in [-0.4, -0.2) is 27.8 Å². The number of fused-ring (bicyclic) bond motifs is 2. The van der Waals surface area contributed by atoms with E-state index in [0.29, 0.717) is 5.69 Å². The van der Waals surface area contributed by atoms with E-state index in [0.717, 1.165) is 45.2 Å². The van der Waals surface area contributed by atoms with E-state index in [-0.39, 0.29) is 5.92 Å². The van der Waals surface area contributed by atoms with E-state index in [1.807, 2.05) is 30.5 Å². The quantitative estimate of drug-likeness (QED) is 0.329. The average molecular weight is 427 g/mol. The van der Waals surface area contributed by atoms with Gasteiger partial charge in [-0.15, -0.1) is 0 Å². The molecule has 160 valence electrons. The molecule has 0 bridgehead atoms. The first-order valence-electron chi connectivity index (χ1n) is 9.65. The Morgan fingerprint density at radius 1 is 1.23 bits per heavy atom. The maximum absolute atomic E-state index is 13.4. The lowest BCUT2D eigenvalue weighted by Crippen LogP contribution is -2.08. The number of carbonyl (C=O) groups excluding carboxylic acids is 1. The summed E-state index contributed by atoms with van der Waals surface area (Å²) in [6.45, 7) is 3.92. The zero-order chi connectivity index (χ0) is 22.3. The van der Waals surface area contributed by atoms with E-state index in [9.17, 15) is 18.0 Å². The number of hydrogen-bond acceptors (Lipinski definition) is 3. The van der Waals surface area contributed by atoms with Gasteiger partial charge in [-0.1, -0.05) is 19.9 Å². The number of hydrogen-bond donors (Lipinski definition) is 1. The van der Waals surface area contributed by atoms with Crippen LogP contribution in [0.4, 0.5) is 13.2 Å². The molecule has 0 unspecified atom stereocenters. The first-order chi connectivity index (χ1) is 14.7. The molecule has 8 heteroatoms. The number of halogens is 3. The number of carbonyl (C=O) groups is 1. The summed E-state index contributed by atoms with van der Waals surface area (Å²) in [4.78, 5) is 11.7. The highest BCUT2D eigenvalue weighted by molar-refractivity contribution is 6.02. The highest BCUT2D eigenvalue weighted by atomic mass is 19.4. The minimum absolute atomic E-state index is 0.0456. The van der Waals surface area contributed by atoms with E-state index < -0.39 is 17.7 Å². The minimum atomic E-state index is -4.46. The number of H-pyrrole nitrogens is 1. The molecule has 0 spiro atoms. The maximum Gasteiger partial charge on any atom is 0.416 e. The number of nitrogens with zero attached hydrogens (tertiary/aromatic N) is 2. The zero-order valence-electron chi connectivity index (χ0n) is 17.1. The van der Waals surface area contributed by atoms with Gasteiger partial charge in [-0.2, -0.15) is 18.3 Å². The molecular formula is C23H20F3N3O2. The van der Waals surface area contributed by atoms with E-state index in [4.69, 9.17) is 4.74 Å². The summed E-state index contributed by atoms with van der Waals surface area (Å²) >= 11 is 0. The highest BCUT2D eigenvalue weighted by Gasteiger charge is 2.31. The Balaban J connectivity index is 2.09. The number of nitrogens with one attached hydrogen (secondary N) is 1. The Hall–Kier alpha value is -3.55. The van der Waals surface area contributed by atoms with Crippen molar-refractivity contribution < 1.29 is 22.7 Å². The van der Waals surface area contributed by atoms with Crippen molar-refractivity contribution in [3.8, 4) is 5.69 Å². The Kier molecular flexibility index (Phi) is 5.08. The molecule has 0 saturated heterocycles. The number of alkyl halides is 3. The summed E-state index contributed by atoms with van der Waals surface area (Å²) in [5.74, 6) is -0.562. The summed E-state index contributed by atoms with van der Waals surface area (Å²) in [5, 5.41) is 8.59. The molecule has 31 heavy (non-hydrogen) atoms. The fourth-order valence-corrected chi connectivity index (χ4v) is 3.83. The standard InChI is InChI=1S/C23H20F3N3O2/c1-13(2)22-17(7-8-21(30)31-3)18-11-19-14(12-27-28-19)9-20(18)29(22)16-6-4-5-15(10-16)23(24,25)26/h4-13H,1-3H3,(H,27,28)/b8-7+. The van der Waals surface area contributed by atoms with Crippen LogP contribution in [0.15, 0.2) is 48.7 Å². The summed E-state index contributed by atoms with van der Waals surface area (Å²) in [6, 6.07) is 9.01. The van der Waals surface area contributed by atoms with E-state index in [2.05, 4.69) is 10.2 Å². The number of benzene rings is 2. The van der Waals surface area contributed by atoms with Gasteiger partial charge in [0.05, 0.1) is 29.9 Å². The van der Waals surface area contributed by atoms with E-state index >= 15 is 0 Å². The van der Waals surface area contributed by atoms with Gasteiger partial charge in [0.1, 0.15) is 0 Å². The van der Waals surface area contributed by atoms with Crippen molar-refractivity contribution in [3.05, 3.63) is 65.5 Å². The average Bonchev–Trinajstić information content (AvgIpc) is 3.31. The van der Waals surface area contributed by atoms with Crippen LogP contribution < -0.4 is 0 Å². The van der Waals surface area contributed by atoms with Crippen molar-refractivity contribution in [1.29, 1.82) is 0 Å². The van der Waals surface area contributed by atoms with E-state index in [1.165, 1.54) is 19.3 Å². The molecule has 2 heterocycles. The molecule has 4 aromatic rings. The van der Waals surface area contributed by atoms with Crippen LogP contribution in [-0.2, 0) is 15.7 Å². The van der Waals surface area contributed by atoms with Gasteiger partial charge in [-0.05, 0) is 42.3 Å². The van der Waals surface area contributed by atoms with Gasteiger partial charge in [0.25, 0.3) is 0 Å².